The van der Waals surface area contributed by atoms with E-state index in [1.54, 1.807) is 48.2 Å². The Balaban J connectivity index is 1.93. The van der Waals surface area contributed by atoms with Crippen molar-refractivity contribution >= 4 is 21.6 Å². The molecule has 6 nitrogen and oxygen atoms in total. The van der Waals surface area contributed by atoms with Crippen LogP contribution in [0, 0.1) is 13.8 Å². The molecule has 26 heavy (non-hydrogen) atoms. The quantitative estimate of drug-likeness (QED) is 0.861. The van der Waals surface area contributed by atoms with E-state index < -0.39 is 10.0 Å². The molecule has 2 N–H and O–H groups in total. The summed E-state index contributed by atoms with van der Waals surface area (Å²) in [7, 11) is -3.79. The van der Waals surface area contributed by atoms with Crippen LogP contribution in [0.1, 0.15) is 21.5 Å². The number of aryl methyl sites for hydroxylation is 2. The lowest BCUT2D eigenvalue weighted by Gasteiger charge is -2.28. The predicted molar refractivity (Wildman–Crippen MR) is 102 cm³/mol. The van der Waals surface area contributed by atoms with Crippen LogP contribution in [0.15, 0.2) is 47.4 Å². The van der Waals surface area contributed by atoms with Crippen LogP contribution in [0.3, 0.4) is 0 Å². The van der Waals surface area contributed by atoms with Crippen LogP contribution in [-0.2, 0) is 10.0 Å². The molecule has 0 unspecified atom stereocenters. The summed E-state index contributed by atoms with van der Waals surface area (Å²) in [5.41, 5.74) is 2.19. The van der Waals surface area contributed by atoms with Crippen molar-refractivity contribution in [2.75, 3.05) is 30.9 Å². The molecule has 0 radical (unpaired) electrons. The van der Waals surface area contributed by atoms with Gasteiger partial charge in [-0.2, -0.15) is 0 Å². The summed E-state index contributed by atoms with van der Waals surface area (Å²) in [6.07, 6.45) is 0. The molecule has 0 saturated carbocycles. The number of nitrogens with zero attached hydrogens (tertiary/aromatic N) is 1. The molecule has 1 heterocycles. The van der Waals surface area contributed by atoms with Gasteiger partial charge in [-0.1, -0.05) is 24.3 Å². The third-order valence-electron chi connectivity index (χ3n) is 4.44. The van der Waals surface area contributed by atoms with Crippen molar-refractivity contribution in [1.82, 2.24) is 10.2 Å². The largest absolute Gasteiger partial charge is 0.336 e. The topological polar surface area (TPSA) is 78.5 Å². The molecule has 0 aliphatic carbocycles. The zero-order valence-electron chi connectivity index (χ0n) is 15.0. The molecular formula is C19H23N3O3S. The van der Waals surface area contributed by atoms with Crippen LogP contribution >= 0.6 is 0 Å². The molecular weight excluding hydrogens is 350 g/mol. The van der Waals surface area contributed by atoms with Crippen LogP contribution in [0.5, 0.6) is 0 Å². The number of piperazine rings is 1. The van der Waals surface area contributed by atoms with Crippen molar-refractivity contribution in [2.24, 2.45) is 0 Å². The third-order valence-corrected chi connectivity index (χ3v) is 5.95. The van der Waals surface area contributed by atoms with E-state index >= 15 is 0 Å². The Hall–Kier alpha value is -2.38. The lowest BCUT2D eigenvalue weighted by Crippen LogP contribution is -2.46. The second-order valence-electron chi connectivity index (χ2n) is 6.46. The van der Waals surface area contributed by atoms with Gasteiger partial charge in [-0.25, -0.2) is 8.42 Å². The summed E-state index contributed by atoms with van der Waals surface area (Å²) in [6, 6.07) is 12.0. The van der Waals surface area contributed by atoms with Crippen molar-refractivity contribution in [3.8, 4) is 0 Å². The number of para-hydroxylation sites is 1. The van der Waals surface area contributed by atoms with E-state index in [4.69, 9.17) is 0 Å². The number of hydrogen-bond acceptors (Lipinski definition) is 4. The van der Waals surface area contributed by atoms with Crippen molar-refractivity contribution < 1.29 is 13.2 Å². The van der Waals surface area contributed by atoms with Gasteiger partial charge >= 0.3 is 0 Å². The highest BCUT2D eigenvalue weighted by Gasteiger charge is 2.23. The van der Waals surface area contributed by atoms with E-state index in [0.717, 1.165) is 18.7 Å². The first-order valence-corrected chi connectivity index (χ1v) is 10.1. The van der Waals surface area contributed by atoms with E-state index in [1.807, 2.05) is 13.0 Å². The molecule has 0 spiro atoms. The second kappa shape index (κ2) is 7.47. The molecule has 2 aromatic rings. The zero-order chi connectivity index (χ0) is 18.7. The number of rotatable bonds is 4. The Morgan fingerprint density at radius 3 is 2.50 bits per heavy atom. The Bertz CT molecular complexity index is 919. The smallest absolute Gasteiger partial charge is 0.262 e. The van der Waals surface area contributed by atoms with Crippen molar-refractivity contribution in [2.45, 2.75) is 18.7 Å². The van der Waals surface area contributed by atoms with E-state index in [-0.39, 0.29) is 10.8 Å². The number of carbonyl (C=O) groups excluding carboxylic acids is 1. The Labute approximate surface area is 154 Å². The van der Waals surface area contributed by atoms with Gasteiger partial charge in [-0.05, 0) is 43.2 Å². The summed E-state index contributed by atoms with van der Waals surface area (Å²) in [5.74, 6) is -0.161. The minimum Gasteiger partial charge on any atom is -0.336 e. The number of sulfonamides is 1. The van der Waals surface area contributed by atoms with Gasteiger partial charge < -0.3 is 10.2 Å². The molecule has 1 fully saturated rings. The standard InChI is InChI=1S/C19H23N3O3S/c1-14-7-8-15(2)18(13-14)26(24,25)21-17-6-4-3-5-16(17)19(23)22-11-9-20-10-12-22/h3-8,13,20-21H,9-12H2,1-2H3. The molecule has 0 atom stereocenters. The zero-order valence-corrected chi connectivity index (χ0v) is 15.8. The molecule has 1 amide bonds. The lowest BCUT2D eigenvalue weighted by molar-refractivity contribution is 0.0737. The van der Waals surface area contributed by atoms with Gasteiger partial charge in [-0.3, -0.25) is 9.52 Å². The number of benzene rings is 2. The van der Waals surface area contributed by atoms with Gasteiger partial charge in [0.25, 0.3) is 15.9 Å². The summed E-state index contributed by atoms with van der Waals surface area (Å²) in [4.78, 5) is 14.8. The normalized spacial score (nSPS) is 14.9. The number of nitrogens with one attached hydrogen (secondary N) is 2. The van der Waals surface area contributed by atoms with Crippen molar-refractivity contribution in [1.29, 1.82) is 0 Å². The molecule has 0 bridgehead atoms. The lowest BCUT2D eigenvalue weighted by atomic mass is 10.1. The van der Waals surface area contributed by atoms with E-state index in [0.29, 0.717) is 29.9 Å². The number of carbonyl (C=O) groups is 1. The fraction of sp³-hybridized carbons (Fsp3) is 0.316. The number of hydrogen-bond donors (Lipinski definition) is 2. The first kappa shape index (κ1) is 18.4. The van der Waals surface area contributed by atoms with Crippen LogP contribution in [0.25, 0.3) is 0 Å². The van der Waals surface area contributed by atoms with Crippen molar-refractivity contribution in [3.05, 3.63) is 59.2 Å². The van der Waals surface area contributed by atoms with Gasteiger partial charge in [0, 0.05) is 26.2 Å². The average molecular weight is 373 g/mol. The number of amides is 1. The minimum absolute atomic E-state index is 0.161. The highest BCUT2D eigenvalue weighted by atomic mass is 32.2. The van der Waals surface area contributed by atoms with E-state index in [9.17, 15) is 13.2 Å². The molecule has 1 saturated heterocycles. The Morgan fingerprint density at radius 1 is 1.08 bits per heavy atom. The van der Waals surface area contributed by atoms with Crippen LogP contribution in [0.4, 0.5) is 5.69 Å². The molecule has 138 valence electrons. The summed E-state index contributed by atoms with van der Waals surface area (Å²) >= 11 is 0. The molecule has 7 heteroatoms. The van der Waals surface area contributed by atoms with Gasteiger partial charge in [0.05, 0.1) is 16.1 Å². The Kier molecular flexibility index (Phi) is 5.29. The third kappa shape index (κ3) is 3.89. The van der Waals surface area contributed by atoms with Crippen LogP contribution < -0.4 is 10.0 Å². The average Bonchev–Trinajstić information content (AvgIpc) is 2.64. The minimum atomic E-state index is -3.79. The fourth-order valence-corrected chi connectivity index (χ4v) is 4.40. The van der Waals surface area contributed by atoms with Crippen molar-refractivity contribution in [3.63, 3.8) is 0 Å². The fourth-order valence-electron chi connectivity index (χ4n) is 2.99. The van der Waals surface area contributed by atoms with Crippen LogP contribution in [0.2, 0.25) is 0 Å². The maximum absolute atomic E-state index is 12.9. The van der Waals surface area contributed by atoms with Gasteiger partial charge in [0.2, 0.25) is 0 Å². The van der Waals surface area contributed by atoms with E-state index in [1.165, 1.54) is 0 Å². The molecule has 3 rings (SSSR count). The Morgan fingerprint density at radius 2 is 1.77 bits per heavy atom. The second-order valence-corrected chi connectivity index (χ2v) is 8.11. The first-order valence-electron chi connectivity index (χ1n) is 8.57. The molecule has 0 aromatic heterocycles. The monoisotopic (exact) mass is 373 g/mol. The molecule has 1 aliphatic rings. The SMILES string of the molecule is Cc1ccc(C)c(S(=O)(=O)Nc2ccccc2C(=O)N2CCNCC2)c1. The summed E-state index contributed by atoms with van der Waals surface area (Å²) in [5, 5.41) is 3.20. The summed E-state index contributed by atoms with van der Waals surface area (Å²) < 4.78 is 28.4. The maximum Gasteiger partial charge on any atom is 0.262 e. The maximum atomic E-state index is 12.9. The molecule has 2 aromatic carbocycles. The summed E-state index contributed by atoms with van der Waals surface area (Å²) in [6.45, 7) is 6.30. The number of anilines is 1. The van der Waals surface area contributed by atoms with Gasteiger partial charge in [0.15, 0.2) is 0 Å². The van der Waals surface area contributed by atoms with Gasteiger partial charge in [-0.15, -0.1) is 0 Å². The highest BCUT2D eigenvalue weighted by molar-refractivity contribution is 7.92. The first-order chi connectivity index (χ1) is 12.4. The molecule has 1 aliphatic heterocycles. The van der Waals surface area contributed by atoms with Gasteiger partial charge in [0.1, 0.15) is 0 Å². The predicted octanol–water partition coefficient (Wildman–Crippen LogP) is 2.15. The highest BCUT2D eigenvalue weighted by Crippen LogP contribution is 2.24. The van der Waals surface area contributed by atoms with E-state index in [2.05, 4.69) is 10.0 Å². The van der Waals surface area contributed by atoms with Crippen LogP contribution in [-0.4, -0.2) is 45.4 Å².